The van der Waals surface area contributed by atoms with Crippen LogP contribution in [0.5, 0.6) is 5.75 Å². The number of nitrogens with one attached hydrogen (secondary N) is 2. The summed E-state index contributed by atoms with van der Waals surface area (Å²) in [6, 6.07) is 8.27. The molecule has 0 bridgehead atoms. The van der Waals surface area contributed by atoms with Crippen LogP contribution in [0.2, 0.25) is 0 Å². The van der Waals surface area contributed by atoms with Crippen LogP contribution in [-0.4, -0.2) is 51.7 Å². The molecule has 0 saturated heterocycles. The summed E-state index contributed by atoms with van der Waals surface area (Å²) < 4.78 is 5.75. The molecule has 0 unspecified atom stereocenters. The molecule has 1 aliphatic rings. The molecular weight excluding hydrogens is 415 g/mol. The number of aliphatic imine (C=N–C) groups is 1. The van der Waals surface area contributed by atoms with Crippen molar-refractivity contribution in [2.24, 2.45) is 10.9 Å². The number of guanidine groups is 1. The van der Waals surface area contributed by atoms with Gasteiger partial charge in [0, 0.05) is 26.7 Å². The Morgan fingerprint density at radius 2 is 1.92 bits per heavy atom. The van der Waals surface area contributed by atoms with Gasteiger partial charge in [0.1, 0.15) is 5.75 Å². The van der Waals surface area contributed by atoms with Gasteiger partial charge in [0.2, 0.25) is 0 Å². The second-order valence-corrected chi connectivity index (χ2v) is 6.40. The predicted octanol–water partition coefficient (Wildman–Crippen LogP) is 2.71. The molecule has 0 aliphatic heterocycles. The fourth-order valence-corrected chi connectivity index (χ4v) is 2.24. The maximum absolute atomic E-state index is 5.75. The van der Waals surface area contributed by atoms with Crippen molar-refractivity contribution in [3.05, 3.63) is 29.8 Å². The van der Waals surface area contributed by atoms with Gasteiger partial charge in [-0.15, -0.1) is 24.0 Å². The number of halogens is 1. The molecule has 1 aliphatic carbocycles. The lowest BCUT2D eigenvalue weighted by molar-refractivity contribution is 0.281. The third-order valence-electron chi connectivity index (χ3n) is 3.88. The summed E-state index contributed by atoms with van der Waals surface area (Å²) in [5.41, 5.74) is 1.22. The Labute approximate surface area is 163 Å². The Morgan fingerprint density at radius 1 is 1.21 bits per heavy atom. The summed E-state index contributed by atoms with van der Waals surface area (Å²) in [6.07, 6.45) is 3.74. The fraction of sp³-hybridized carbons (Fsp3) is 0.611. The molecule has 1 aromatic carbocycles. The first-order valence-corrected chi connectivity index (χ1v) is 8.48. The first-order chi connectivity index (χ1) is 11.2. The number of hydrogen-bond donors (Lipinski definition) is 2. The van der Waals surface area contributed by atoms with Crippen molar-refractivity contribution in [1.29, 1.82) is 0 Å². The van der Waals surface area contributed by atoms with E-state index in [4.69, 9.17) is 4.74 Å². The highest BCUT2D eigenvalue weighted by molar-refractivity contribution is 14.0. The van der Waals surface area contributed by atoms with Crippen LogP contribution in [0.3, 0.4) is 0 Å². The summed E-state index contributed by atoms with van der Waals surface area (Å²) in [4.78, 5) is 6.42. The monoisotopic (exact) mass is 446 g/mol. The average molecular weight is 446 g/mol. The first-order valence-electron chi connectivity index (χ1n) is 8.48. The van der Waals surface area contributed by atoms with Gasteiger partial charge < -0.3 is 20.3 Å². The van der Waals surface area contributed by atoms with Crippen LogP contribution >= 0.6 is 24.0 Å². The molecule has 0 atom stereocenters. The Hall–Kier alpha value is -1.02. The average Bonchev–Trinajstić information content (AvgIpc) is 3.37. The van der Waals surface area contributed by atoms with Gasteiger partial charge in [0.15, 0.2) is 5.96 Å². The SMILES string of the molecule is CN=C(NCc1ccc(OCCCN(C)C)cc1)NCC1CC1.I. The lowest BCUT2D eigenvalue weighted by Gasteiger charge is -2.12. The van der Waals surface area contributed by atoms with Gasteiger partial charge in [-0.05, 0) is 57.0 Å². The van der Waals surface area contributed by atoms with Gasteiger partial charge in [-0.2, -0.15) is 0 Å². The summed E-state index contributed by atoms with van der Waals surface area (Å²) in [6.45, 7) is 3.60. The zero-order valence-corrected chi connectivity index (χ0v) is 17.4. The molecular formula is C18H31IN4O. The van der Waals surface area contributed by atoms with E-state index >= 15 is 0 Å². The minimum absolute atomic E-state index is 0. The molecule has 1 fully saturated rings. The van der Waals surface area contributed by atoms with Crippen molar-refractivity contribution in [3.8, 4) is 5.75 Å². The maximum atomic E-state index is 5.75. The smallest absolute Gasteiger partial charge is 0.191 e. The molecule has 0 radical (unpaired) electrons. The molecule has 2 N–H and O–H groups in total. The molecule has 24 heavy (non-hydrogen) atoms. The predicted molar refractivity (Wildman–Crippen MR) is 111 cm³/mol. The van der Waals surface area contributed by atoms with Crippen LogP contribution in [-0.2, 0) is 6.54 Å². The van der Waals surface area contributed by atoms with Gasteiger partial charge >= 0.3 is 0 Å². The molecule has 5 nitrogen and oxygen atoms in total. The van der Waals surface area contributed by atoms with Gasteiger partial charge in [-0.3, -0.25) is 4.99 Å². The van der Waals surface area contributed by atoms with Crippen molar-refractivity contribution in [2.45, 2.75) is 25.8 Å². The molecule has 136 valence electrons. The zero-order chi connectivity index (χ0) is 16.5. The van der Waals surface area contributed by atoms with E-state index in [1.54, 1.807) is 0 Å². The van der Waals surface area contributed by atoms with E-state index in [9.17, 15) is 0 Å². The number of hydrogen-bond acceptors (Lipinski definition) is 3. The standard InChI is InChI=1S/C18H30N4O.HI/c1-19-18(20-13-15-5-6-15)21-14-16-7-9-17(10-8-16)23-12-4-11-22(2)3;/h7-10,15H,4-6,11-14H2,1-3H3,(H2,19,20,21);1H. The van der Waals surface area contributed by atoms with E-state index in [1.165, 1.54) is 18.4 Å². The van der Waals surface area contributed by atoms with Crippen molar-refractivity contribution in [3.63, 3.8) is 0 Å². The highest BCUT2D eigenvalue weighted by atomic mass is 127. The lowest BCUT2D eigenvalue weighted by atomic mass is 10.2. The van der Waals surface area contributed by atoms with E-state index < -0.39 is 0 Å². The van der Waals surface area contributed by atoms with Crippen LogP contribution in [0.25, 0.3) is 0 Å². The number of ether oxygens (including phenoxy) is 1. The van der Waals surface area contributed by atoms with Crippen LogP contribution in [0.1, 0.15) is 24.8 Å². The normalized spacial score (nSPS) is 14.2. The number of benzene rings is 1. The van der Waals surface area contributed by atoms with Gasteiger partial charge in [-0.25, -0.2) is 0 Å². The van der Waals surface area contributed by atoms with Crippen LogP contribution in [0.15, 0.2) is 29.3 Å². The van der Waals surface area contributed by atoms with Gasteiger partial charge in [0.25, 0.3) is 0 Å². The van der Waals surface area contributed by atoms with Crippen molar-refractivity contribution >= 4 is 29.9 Å². The van der Waals surface area contributed by atoms with E-state index in [0.717, 1.165) is 50.3 Å². The lowest BCUT2D eigenvalue weighted by Crippen LogP contribution is -2.37. The highest BCUT2D eigenvalue weighted by Gasteiger charge is 2.20. The Balaban J connectivity index is 0.00000288. The van der Waals surface area contributed by atoms with E-state index in [0.29, 0.717) is 0 Å². The summed E-state index contributed by atoms with van der Waals surface area (Å²) in [5.74, 6) is 2.65. The minimum atomic E-state index is 0. The van der Waals surface area contributed by atoms with E-state index in [2.05, 4.69) is 46.8 Å². The third-order valence-corrected chi connectivity index (χ3v) is 3.88. The van der Waals surface area contributed by atoms with Crippen molar-refractivity contribution in [1.82, 2.24) is 15.5 Å². The van der Waals surface area contributed by atoms with Crippen LogP contribution in [0, 0.1) is 5.92 Å². The van der Waals surface area contributed by atoms with Crippen molar-refractivity contribution < 1.29 is 4.74 Å². The van der Waals surface area contributed by atoms with Gasteiger partial charge in [0.05, 0.1) is 6.61 Å². The van der Waals surface area contributed by atoms with E-state index in [1.807, 2.05) is 19.2 Å². The Kier molecular flexibility index (Phi) is 10.1. The van der Waals surface area contributed by atoms with Gasteiger partial charge in [-0.1, -0.05) is 12.1 Å². The topological polar surface area (TPSA) is 48.9 Å². The van der Waals surface area contributed by atoms with Crippen LogP contribution in [0.4, 0.5) is 0 Å². The highest BCUT2D eigenvalue weighted by Crippen LogP contribution is 2.27. The second-order valence-electron chi connectivity index (χ2n) is 6.40. The number of rotatable bonds is 9. The van der Waals surface area contributed by atoms with E-state index in [-0.39, 0.29) is 24.0 Å². The fourth-order valence-electron chi connectivity index (χ4n) is 2.24. The molecule has 0 amide bonds. The Morgan fingerprint density at radius 3 is 2.50 bits per heavy atom. The molecule has 2 rings (SSSR count). The number of nitrogens with zero attached hydrogens (tertiary/aromatic N) is 2. The maximum Gasteiger partial charge on any atom is 0.191 e. The zero-order valence-electron chi connectivity index (χ0n) is 15.0. The summed E-state index contributed by atoms with van der Waals surface area (Å²) in [5, 5.41) is 6.71. The quantitative estimate of drug-likeness (QED) is 0.265. The minimum Gasteiger partial charge on any atom is -0.494 e. The third kappa shape index (κ3) is 8.73. The summed E-state index contributed by atoms with van der Waals surface area (Å²) >= 11 is 0. The van der Waals surface area contributed by atoms with Crippen LogP contribution < -0.4 is 15.4 Å². The molecule has 0 heterocycles. The molecule has 0 aromatic heterocycles. The first kappa shape index (κ1) is 21.0. The molecule has 0 spiro atoms. The Bertz CT molecular complexity index is 486. The van der Waals surface area contributed by atoms with Crippen molar-refractivity contribution in [2.75, 3.05) is 40.8 Å². The molecule has 6 heteroatoms. The summed E-state index contributed by atoms with van der Waals surface area (Å²) in [7, 11) is 5.97. The second kappa shape index (κ2) is 11.5. The largest absolute Gasteiger partial charge is 0.494 e. The molecule has 1 aromatic rings. The molecule has 1 saturated carbocycles.